The van der Waals surface area contributed by atoms with Crippen LogP contribution in [0.15, 0.2) is 221 Å². The number of para-hydroxylation sites is 3. The molecule has 2 heterocycles. The summed E-state index contributed by atoms with van der Waals surface area (Å²) in [6.45, 7) is 0. The first-order valence-corrected chi connectivity index (χ1v) is 19.8. The van der Waals surface area contributed by atoms with Crippen molar-refractivity contribution >= 4 is 60.9 Å². The molecule has 0 fully saturated rings. The average Bonchev–Trinajstić information content (AvgIpc) is 3.96. The van der Waals surface area contributed by atoms with Gasteiger partial charge in [-0.2, -0.15) is 0 Å². The lowest BCUT2D eigenvalue weighted by molar-refractivity contribution is 0.668. The third-order valence-electron chi connectivity index (χ3n) is 12.2. The summed E-state index contributed by atoms with van der Waals surface area (Å²) in [5.41, 5.74) is 15.8. The van der Waals surface area contributed by atoms with Crippen LogP contribution >= 0.6 is 0 Å². The first kappa shape index (κ1) is 32.6. The van der Waals surface area contributed by atoms with Crippen molar-refractivity contribution in [3.63, 3.8) is 0 Å². The Labute approximate surface area is 335 Å². The Morgan fingerprint density at radius 3 is 1.67 bits per heavy atom. The van der Waals surface area contributed by atoms with E-state index in [1.165, 1.54) is 33.4 Å². The van der Waals surface area contributed by atoms with E-state index in [1.54, 1.807) is 0 Å². The van der Waals surface area contributed by atoms with E-state index >= 15 is 0 Å². The second-order valence-electron chi connectivity index (χ2n) is 15.2. The molecule has 12 rings (SSSR count). The Morgan fingerprint density at radius 1 is 0.362 bits per heavy atom. The van der Waals surface area contributed by atoms with Gasteiger partial charge in [0.2, 0.25) is 0 Å². The molecule has 0 saturated heterocycles. The highest BCUT2D eigenvalue weighted by atomic mass is 16.3. The van der Waals surface area contributed by atoms with Crippen molar-refractivity contribution in [2.45, 2.75) is 5.41 Å². The number of rotatable bonds is 6. The molecule has 2 aromatic heterocycles. The number of anilines is 3. The largest absolute Gasteiger partial charge is 0.456 e. The van der Waals surface area contributed by atoms with Gasteiger partial charge >= 0.3 is 0 Å². The van der Waals surface area contributed by atoms with Gasteiger partial charge in [0.1, 0.15) is 16.7 Å². The summed E-state index contributed by atoms with van der Waals surface area (Å²) in [5.74, 6) is 0. The zero-order valence-electron chi connectivity index (χ0n) is 31.5. The fourth-order valence-corrected chi connectivity index (χ4v) is 9.69. The average molecular weight is 742 g/mol. The maximum atomic E-state index is 6.79. The number of nitrogens with zero attached hydrogens (tertiary/aromatic N) is 1. The van der Waals surface area contributed by atoms with Crippen molar-refractivity contribution in [3.05, 3.63) is 235 Å². The zero-order chi connectivity index (χ0) is 38.2. The molecule has 0 spiro atoms. The molecule has 58 heavy (non-hydrogen) atoms. The van der Waals surface area contributed by atoms with Gasteiger partial charge in [-0.3, -0.25) is 0 Å². The summed E-state index contributed by atoms with van der Waals surface area (Å²) >= 11 is 0. The summed E-state index contributed by atoms with van der Waals surface area (Å²) in [6, 6.07) is 76.3. The first-order valence-electron chi connectivity index (χ1n) is 19.8. The van der Waals surface area contributed by atoms with Crippen molar-refractivity contribution < 1.29 is 8.83 Å². The van der Waals surface area contributed by atoms with Crippen LogP contribution in [0.1, 0.15) is 22.3 Å². The topological polar surface area (TPSA) is 29.5 Å². The fraction of sp³-hybridized carbons (Fsp3) is 0.0182. The van der Waals surface area contributed by atoms with Crippen molar-refractivity contribution in [1.82, 2.24) is 0 Å². The summed E-state index contributed by atoms with van der Waals surface area (Å²) < 4.78 is 13.0. The molecule has 11 aromatic rings. The van der Waals surface area contributed by atoms with Crippen LogP contribution < -0.4 is 4.90 Å². The third kappa shape index (κ3) is 4.68. The standard InChI is InChI=1S/C55H35NO2/c1-3-15-38(16-4-1)55(39-17-5-2-6-18-39)46-23-10-7-21-44(46)53-47(55)24-14-25-48(53)56(49-26-13-22-43-41-19-8-12-28-51(41)58-54(43)49)40-32-29-36(30-33-40)37-31-34-52-45(35-37)42-20-9-11-27-50(42)57-52/h1-35H. The number of furan rings is 2. The highest BCUT2D eigenvalue weighted by molar-refractivity contribution is 6.11. The van der Waals surface area contributed by atoms with E-state index < -0.39 is 5.41 Å². The molecule has 0 unspecified atom stereocenters. The van der Waals surface area contributed by atoms with Crippen molar-refractivity contribution in [3.8, 4) is 22.3 Å². The minimum absolute atomic E-state index is 0.527. The fourth-order valence-electron chi connectivity index (χ4n) is 9.69. The lowest BCUT2D eigenvalue weighted by atomic mass is 9.68. The quantitative estimate of drug-likeness (QED) is 0.170. The van der Waals surface area contributed by atoms with Gasteiger partial charge in [0, 0.05) is 32.8 Å². The van der Waals surface area contributed by atoms with Crippen LogP contribution in [-0.2, 0) is 5.41 Å². The number of fused-ring (bicyclic) bond motifs is 9. The van der Waals surface area contributed by atoms with E-state index in [0.29, 0.717) is 0 Å². The molecule has 0 amide bonds. The van der Waals surface area contributed by atoms with Crippen molar-refractivity contribution in [1.29, 1.82) is 0 Å². The summed E-state index contributed by atoms with van der Waals surface area (Å²) in [5, 5.41) is 4.44. The number of hydrogen-bond acceptors (Lipinski definition) is 3. The Hall–Kier alpha value is -7.62. The van der Waals surface area contributed by atoms with Gasteiger partial charge < -0.3 is 13.7 Å². The molecule has 0 aliphatic heterocycles. The minimum atomic E-state index is -0.527. The Kier molecular flexibility index (Phi) is 7.14. The maximum absolute atomic E-state index is 6.79. The Morgan fingerprint density at radius 2 is 0.914 bits per heavy atom. The number of benzene rings is 9. The van der Waals surface area contributed by atoms with Crippen LogP contribution in [0.4, 0.5) is 17.1 Å². The van der Waals surface area contributed by atoms with Crippen LogP contribution in [0, 0.1) is 0 Å². The Bertz CT molecular complexity index is 3300. The van der Waals surface area contributed by atoms with Crippen molar-refractivity contribution in [2.24, 2.45) is 0 Å². The maximum Gasteiger partial charge on any atom is 0.159 e. The first-order chi connectivity index (χ1) is 28.8. The normalized spacial score (nSPS) is 13.0. The van der Waals surface area contributed by atoms with E-state index in [4.69, 9.17) is 8.83 Å². The van der Waals surface area contributed by atoms with Gasteiger partial charge in [0.05, 0.1) is 16.8 Å². The minimum Gasteiger partial charge on any atom is -0.456 e. The highest BCUT2D eigenvalue weighted by Crippen LogP contribution is 2.59. The summed E-state index contributed by atoms with van der Waals surface area (Å²) in [6.07, 6.45) is 0. The molecule has 272 valence electrons. The smallest absolute Gasteiger partial charge is 0.159 e. The molecule has 3 nitrogen and oxygen atoms in total. The monoisotopic (exact) mass is 741 g/mol. The van der Waals surface area contributed by atoms with Gasteiger partial charge in [-0.25, -0.2) is 0 Å². The predicted molar refractivity (Wildman–Crippen MR) is 238 cm³/mol. The van der Waals surface area contributed by atoms with Crippen LogP contribution in [0.3, 0.4) is 0 Å². The summed E-state index contributed by atoms with van der Waals surface area (Å²) in [7, 11) is 0. The lowest BCUT2D eigenvalue weighted by Gasteiger charge is -2.34. The number of hydrogen-bond donors (Lipinski definition) is 0. The van der Waals surface area contributed by atoms with Crippen LogP contribution in [0.2, 0.25) is 0 Å². The van der Waals surface area contributed by atoms with E-state index in [2.05, 4.69) is 199 Å². The van der Waals surface area contributed by atoms with Gasteiger partial charge in [-0.1, -0.05) is 164 Å². The van der Waals surface area contributed by atoms with Crippen LogP contribution in [0.5, 0.6) is 0 Å². The van der Waals surface area contributed by atoms with Crippen LogP contribution in [-0.4, -0.2) is 0 Å². The zero-order valence-corrected chi connectivity index (χ0v) is 31.5. The SMILES string of the molecule is c1ccc(C2(c3ccccc3)c3ccccc3-c3c(N(c4ccc(-c5ccc6oc7ccccc7c6c5)cc4)c4cccc5c4oc4ccccc45)cccc32)cc1. The molecule has 1 aliphatic carbocycles. The molecule has 0 bridgehead atoms. The molecule has 0 N–H and O–H groups in total. The van der Waals surface area contributed by atoms with E-state index in [0.717, 1.165) is 72.1 Å². The molecule has 9 aromatic carbocycles. The second kappa shape index (κ2) is 12.7. The van der Waals surface area contributed by atoms with Crippen LogP contribution in [0.25, 0.3) is 66.1 Å². The van der Waals surface area contributed by atoms with E-state index in [9.17, 15) is 0 Å². The molecular weight excluding hydrogens is 707 g/mol. The molecular formula is C55H35NO2. The van der Waals surface area contributed by atoms with Gasteiger partial charge in [-0.15, -0.1) is 0 Å². The molecule has 0 atom stereocenters. The van der Waals surface area contributed by atoms with Gasteiger partial charge in [0.15, 0.2) is 5.58 Å². The van der Waals surface area contributed by atoms with E-state index in [1.807, 2.05) is 18.2 Å². The predicted octanol–water partition coefficient (Wildman–Crippen LogP) is 15.0. The lowest BCUT2D eigenvalue weighted by Crippen LogP contribution is -2.28. The molecule has 3 heteroatoms. The highest BCUT2D eigenvalue weighted by Gasteiger charge is 2.47. The third-order valence-corrected chi connectivity index (χ3v) is 12.2. The van der Waals surface area contributed by atoms with E-state index in [-0.39, 0.29) is 0 Å². The Balaban J connectivity index is 1.11. The van der Waals surface area contributed by atoms with Gasteiger partial charge in [0.25, 0.3) is 0 Å². The molecule has 0 saturated carbocycles. The summed E-state index contributed by atoms with van der Waals surface area (Å²) in [4.78, 5) is 2.41. The van der Waals surface area contributed by atoms with Crippen molar-refractivity contribution in [2.75, 3.05) is 4.90 Å². The van der Waals surface area contributed by atoms with Gasteiger partial charge in [-0.05, 0) is 87.5 Å². The molecule has 0 radical (unpaired) electrons. The second-order valence-corrected chi connectivity index (χ2v) is 15.2. The molecule has 1 aliphatic rings.